The average molecular weight is 920 g/mol. The molecule has 0 N–H and O–H groups in total. The second-order valence-corrected chi connectivity index (χ2v) is 19.9. The van der Waals surface area contributed by atoms with E-state index in [-0.39, 0.29) is 35.6 Å². The van der Waals surface area contributed by atoms with E-state index in [4.69, 9.17) is 0 Å². The van der Waals surface area contributed by atoms with E-state index in [2.05, 4.69) is 217 Å². The first-order chi connectivity index (χ1) is 29.0. The molecule has 0 radical (unpaired) electrons. The maximum atomic E-state index is 2.59. The van der Waals surface area contributed by atoms with Crippen LogP contribution >= 0.6 is 0 Å². The van der Waals surface area contributed by atoms with Crippen LogP contribution in [0.4, 0.5) is 0 Å². The first kappa shape index (κ1) is 43.6. The minimum absolute atomic E-state index is 0. The van der Waals surface area contributed by atoms with Crippen LogP contribution in [0.1, 0.15) is 81.3 Å². The molecule has 8 aromatic rings. The summed E-state index contributed by atoms with van der Waals surface area (Å²) in [5, 5.41) is 10.5. The monoisotopic (exact) mass is 917 g/mol. The van der Waals surface area contributed by atoms with E-state index in [1.165, 1.54) is 137 Å². The predicted molar refractivity (Wildman–Crippen MR) is 252 cm³/mol. The molecule has 0 aliphatic heterocycles. The van der Waals surface area contributed by atoms with Gasteiger partial charge in [0.15, 0.2) is 0 Å². The van der Waals surface area contributed by atoms with E-state index in [1.807, 2.05) is 0 Å². The zero-order valence-electron chi connectivity index (χ0n) is 36.2. The fourth-order valence-electron chi connectivity index (χ4n) is 9.89. The summed E-state index contributed by atoms with van der Waals surface area (Å²) in [5.41, 5.74) is 15.6. The average Bonchev–Trinajstić information content (AvgIpc) is 3.89. The number of hydrogen-bond donors (Lipinski definition) is 0. The van der Waals surface area contributed by atoms with Gasteiger partial charge in [-0.05, 0) is 0 Å². The Labute approximate surface area is 393 Å². The first-order valence-corrected chi connectivity index (χ1v) is 22.6. The molecule has 0 saturated heterocycles. The van der Waals surface area contributed by atoms with Gasteiger partial charge in [0.2, 0.25) is 0 Å². The van der Waals surface area contributed by atoms with E-state index in [0.29, 0.717) is 0 Å². The van der Waals surface area contributed by atoms with Gasteiger partial charge in [0.25, 0.3) is 0 Å². The molecule has 0 amide bonds. The fraction of sp³-hybridized carbons (Fsp3) is 0.153. The van der Waals surface area contributed by atoms with Crippen molar-refractivity contribution in [1.29, 1.82) is 0 Å². The van der Waals surface area contributed by atoms with E-state index < -0.39 is 0 Å². The van der Waals surface area contributed by atoms with E-state index >= 15 is 0 Å². The second-order valence-electron chi connectivity index (χ2n) is 18.6. The Hall–Kier alpha value is -5.04. The minimum atomic E-state index is -0.239. The van der Waals surface area contributed by atoms with Gasteiger partial charge in [0.05, 0.1) is 0 Å². The Morgan fingerprint density at radius 3 is 1.55 bits per heavy atom. The SMILES string of the molecule is CC(C)(C)c1cc2c(cc1-c1ccccc1)=[C]([Zr+2])c1c(C3=CC=CC3)c(-c3ccccc3)c(C(C)(C)C)c(=C(c3ccc4ccccc4c3)c3ccc4ccccc4c3)c1=2.[Cl-].[Cl-]. The van der Waals surface area contributed by atoms with Gasteiger partial charge in [-0.2, -0.15) is 0 Å². The Morgan fingerprint density at radius 1 is 0.500 bits per heavy atom. The molecular weight excluding hydrogens is 871 g/mol. The Bertz CT molecular complexity index is 3260. The van der Waals surface area contributed by atoms with E-state index in [0.717, 1.165) is 6.42 Å². The summed E-state index contributed by atoms with van der Waals surface area (Å²) >= 11 is 1.42. The topological polar surface area (TPSA) is 0 Å². The zero-order chi connectivity index (χ0) is 41.3. The Kier molecular flexibility index (Phi) is 11.9. The van der Waals surface area contributed by atoms with Gasteiger partial charge in [0, 0.05) is 0 Å². The van der Waals surface area contributed by atoms with Gasteiger partial charge < -0.3 is 24.8 Å². The van der Waals surface area contributed by atoms with Crippen LogP contribution in [0.25, 0.3) is 58.2 Å². The van der Waals surface area contributed by atoms with Gasteiger partial charge in [0.1, 0.15) is 0 Å². The van der Waals surface area contributed by atoms with Crippen molar-refractivity contribution in [3.63, 3.8) is 0 Å². The van der Waals surface area contributed by atoms with E-state index in [9.17, 15) is 0 Å². The maximum absolute atomic E-state index is 2.59. The Morgan fingerprint density at radius 2 is 1.03 bits per heavy atom. The standard InChI is InChI=1S/C59H49.2ClH.Zr/c1-58(2,3)51-37-49-47(35-48(51)40-21-9-7-10-22-40)36-50-53(41-25-15-16-26-41)54(42-23-11-8-12-24-42)57(59(4,5)6)56(55(49)50)52(45-31-29-38-19-13-17-27-43(38)33-45)46-32-30-39-20-14-18-28-44(39)34-46;;;/h7-25,27-35,37H,26H2,1-6H3;2*1H;/q;;;+2/p-2. The third-order valence-electron chi connectivity index (χ3n) is 12.6. The number of halogens is 2. The summed E-state index contributed by atoms with van der Waals surface area (Å²) in [4.78, 5) is 0. The van der Waals surface area contributed by atoms with Crippen molar-refractivity contribution in [3.05, 3.63) is 230 Å². The molecular formula is C59H49Cl2Zr. The second kappa shape index (κ2) is 16.9. The van der Waals surface area contributed by atoms with Crippen molar-refractivity contribution in [2.24, 2.45) is 0 Å². The summed E-state index contributed by atoms with van der Waals surface area (Å²) in [6.45, 7) is 14.4. The summed E-state index contributed by atoms with van der Waals surface area (Å²) in [7, 11) is 0. The van der Waals surface area contributed by atoms with Crippen LogP contribution in [0.5, 0.6) is 0 Å². The van der Waals surface area contributed by atoms with Crippen LogP contribution in [0.3, 0.4) is 0 Å². The molecule has 2 aliphatic carbocycles. The summed E-state index contributed by atoms with van der Waals surface area (Å²) < 4.78 is 1.43. The summed E-state index contributed by atoms with van der Waals surface area (Å²) in [6, 6.07) is 59.4. The molecule has 0 nitrogen and oxygen atoms in total. The van der Waals surface area contributed by atoms with Crippen molar-refractivity contribution >= 4 is 36.0 Å². The molecule has 0 bridgehead atoms. The molecule has 0 heterocycles. The first-order valence-electron chi connectivity index (χ1n) is 21.3. The third kappa shape index (κ3) is 7.51. The van der Waals surface area contributed by atoms with Crippen LogP contribution in [-0.4, -0.2) is 0 Å². The quantitative estimate of drug-likeness (QED) is 0.165. The fourth-order valence-corrected chi connectivity index (χ4v) is 11.0. The van der Waals surface area contributed by atoms with Crippen LogP contribution in [0.15, 0.2) is 176 Å². The van der Waals surface area contributed by atoms with Gasteiger partial charge in [-0.25, -0.2) is 0 Å². The smallest absolute Gasteiger partial charge is 1.00 e. The van der Waals surface area contributed by atoms with Crippen LogP contribution < -0.4 is 35.3 Å². The van der Waals surface area contributed by atoms with Crippen molar-refractivity contribution in [2.45, 2.75) is 58.8 Å². The molecule has 0 spiro atoms. The molecule has 3 heteroatoms. The normalized spacial score (nSPS) is 13.1. The number of benzene rings is 8. The Balaban J connectivity index is 0.00000264. The number of fused-ring (bicyclic) bond motifs is 4. The molecule has 0 saturated carbocycles. The number of allylic oxidation sites excluding steroid dienone is 4. The molecule has 0 fully saturated rings. The molecule has 0 atom stereocenters. The largest absolute Gasteiger partial charge is 1.00 e. The van der Waals surface area contributed by atoms with Gasteiger partial charge in [-0.1, -0.05) is 0 Å². The van der Waals surface area contributed by atoms with Crippen LogP contribution in [0.2, 0.25) is 0 Å². The van der Waals surface area contributed by atoms with Crippen molar-refractivity contribution in [1.82, 2.24) is 0 Å². The van der Waals surface area contributed by atoms with E-state index in [1.54, 1.807) is 0 Å². The molecule has 8 aromatic carbocycles. The molecule has 0 unspecified atom stereocenters. The number of rotatable bonds is 5. The van der Waals surface area contributed by atoms with Gasteiger partial charge >= 0.3 is 372 Å². The summed E-state index contributed by atoms with van der Waals surface area (Å²) in [6.07, 6.45) is 7.90. The zero-order valence-corrected chi connectivity index (χ0v) is 40.2. The maximum Gasteiger partial charge on any atom is -1.00 e. The minimum Gasteiger partial charge on any atom is -1.00 e. The van der Waals surface area contributed by atoms with Crippen LogP contribution in [0, 0.1) is 10.4 Å². The molecule has 303 valence electrons. The molecule has 10 rings (SSSR count). The summed E-state index contributed by atoms with van der Waals surface area (Å²) in [5.74, 6) is 0. The number of hydrogen-bond acceptors (Lipinski definition) is 0. The van der Waals surface area contributed by atoms with Crippen molar-refractivity contribution in [3.8, 4) is 22.3 Å². The molecule has 0 aromatic heterocycles. The van der Waals surface area contributed by atoms with Crippen LogP contribution in [-0.2, 0) is 35.5 Å². The third-order valence-corrected chi connectivity index (χ3v) is 13.8. The molecule has 2 aliphatic rings. The van der Waals surface area contributed by atoms with Gasteiger partial charge in [-0.15, -0.1) is 0 Å². The van der Waals surface area contributed by atoms with Crippen molar-refractivity contribution < 1.29 is 49.5 Å². The van der Waals surface area contributed by atoms with Crippen molar-refractivity contribution in [2.75, 3.05) is 0 Å². The van der Waals surface area contributed by atoms with Gasteiger partial charge in [-0.3, -0.25) is 0 Å². The predicted octanol–water partition coefficient (Wildman–Crippen LogP) is 7.82. The molecule has 62 heavy (non-hydrogen) atoms.